The summed E-state index contributed by atoms with van der Waals surface area (Å²) in [5.74, 6) is -0.125. The van der Waals surface area contributed by atoms with E-state index in [1.807, 2.05) is 63.4 Å². The average molecular weight is 745 g/mol. The number of carbonyl (C=O) groups excluding carboxylic acids is 2. The number of ether oxygens (including phenoxy) is 1. The maximum absolute atomic E-state index is 13.8. The van der Waals surface area contributed by atoms with Crippen molar-refractivity contribution in [2.24, 2.45) is 0 Å². The number of benzene rings is 4. The highest BCUT2D eigenvalue weighted by Crippen LogP contribution is 2.43. The Bertz CT molecular complexity index is 1760. The predicted octanol–water partition coefficient (Wildman–Crippen LogP) is 8.16. The minimum Gasteiger partial charge on any atom is -0.444 e. The number of nitrogens with one attached hydrogen (secondary N) is 1. The highest BCUT2D eigenvalue weighted by molar-refractivity contribution is 14.1. The molecule has 1 N–H and O–H groups in total. The number of thioether (sulfide) groups is 1. The van der Waals surface area contributed by atoms with Crippen LogP contribution in [0.3, 0.4) is 0 Å². The summed E-state index contributed by atoms with van der Waals surface area (Å²) in [6.45, 7) is 6.30. The molecule has 1 fully saturated rings. The Kier molecular flexibility index (Phi) is 8.91. The summed E-state index contributed by atoms with van der Waals surface area (Å²) in [5, 5.41) is 9.31. The maximum atomic E-state index is 13.8. The number of aromatic nitrogens is 2. The van der Waals surface area contributed by atoms with Gasteiger partial charge in [0.25, 0.3) is 0 Å². The topological polar surface area (TPSA) is 76.5 Å². The van der Waals surface area contributed by atoms with Gasteiger partial charge in [0.05, 0.1) is 5.52 Å². The van der Waals surface area contributed by atoms with Gasteiger partial charge >= 0.3 is 6.09 Å². The smallest absolute Gasteiger partial charge is 0.410 e. The van der Waals surface area contributed by atoms with E-state index in [9.17, 15) is 9.59 Å². The van der Waals surface area contributed by atoms with E-state index in [1.165, 1.54) is 11.8 Å². The summed E-state index contributed by atoms with van der Waals surface area (Å²) in [6, 6.07) is 37.4. The van der Waals surface area contributed by atoms with Crippen LogP contribution >= 0.6 is 34.4 Å². The van der Waals surface area contributed by atoms with Gasteiger partial charge in [0, 0.05) is 24.2 Å². The third-order valence-electron chi connectivity index (χ3n) is 8.47. The van der Waals surface area contributed by atoms with Crippen molar-refractivity contribution in [1.29, 1.82) is 0 Å². The molecule has 1 atom stereocenters. The van der Waals surface area contributed by atoms with E-state index < -0.39 is 22.0 Å². The fourth-order valence-corrected chi connectivity index (χ4v) is 7.74. The Labute approximate surface area is 287 Å². The lowest BCUT2D eigenvalue weighted by Gasteiger charge is -2.37. The van der Waals surface area contributed by atoms with Crippen molar-refractivity contribution in [3.63, 3.8) is 0 Å². The number of fused-ring (bicyclic) bond motifs is 1. The van der Waals surface area contributed by atoms with E-state index in [0.717, 1.165) is 31.3 Å². The molecule has 1 aliphatic heterocycles. The largest absolute Gasteiger partial charge is 0.444 e. The Morgan fingerprint density at radius 2 is 1.41 bits per heavy atom. The van der Waals surface area contributed by atoms with Gasteiger partial charge < -0.3 is 15.0 Å². The second-order valence-corrected chi connectivity index (χ2v) is 14.8. The minimum absolute atomic E-state index is 0.125. The second-order valence-electron chi connectivity index (χ2n) is 12.5. The molecular formula is C37H37IN4O3S. The first-order valence-electron chi connectivity index (χ1n) is 15.3. The molecule has 46 heavy (non-hydrogen) atoms. The molecule has 9 heteroatoms. The zero-order valence-electron chi connectivity index (χ0n) is 26.4. The van der Waals surface area contributed by atoms with Crippen molar-refractivity contribution in [2.45, 2.75) is 43.1 Å². The number of halogens is 1. The first kappa shape index (κ1) is 32.1. The zero-order valence-corrected chi connectivity index (χ0v) is 29.3. The lowest BCUT2D eigenvalue weighted by Crippen LogP contribution is -2.44. The van der Waals surface area contributed by atoms with Gasteiger partial charge in [-0.15, -0.1) is 11.8 Å². The number of amides is 2. The first-order valence-corrected chi connectivity index (χ1v) is 17.6. The van der Waals surface area contributed by atoms with E-state index in [2.05, 4.69) is 105 Å². The van der Waals surface area contributed by atoms with Gasteiger partial charge in [-0.2, -0.15) is 5.10 Å². The maximum Gasteiger partial charge on any atom is 0.410 e. The molecule has 0 saturated carbocycles. The van der Waals surface area contributed by atoms with Crippen molar-refractivity contribution in [3.8, 4) is 0 Å². The monoisotopic (exact) mass is 744 g/mol. The van der Waals surface area contributed by atoms with Gasteiger partial charge in [0.1, 0.15) is 19.6 Å². The lowest BCUT2D eigenvalue weighted by atomic mass is 9.77. The number of hydrogen-bond acceptors (Lipinski definition) is 5. The van der Waals surface area contributed by atoms with Crippen LogP contribution in [0, 0.1) is 3.70 Å². The van der Waals surface area contributed by atoms with Crippen LogP contribution < -0.4 is 5.32 Å². The van der Waals surface area contributed by atoms with Crippen LogP contribution in [0.1, 0.15) is 43.9 Å². The molecule has 7 nitrogen and oxygen atoms in total. The molecule has 1 unspecified atom stereocenters. The molecule has 0 bridgehead atoms. The molecule has 1 aliphatic rings. The first-order chi connectivity index (χ1) is 22.1. The predicted molar refractivity (Wildman–Crippen MR) is 194 cm³/mol. The van der Waals surface area contributed by atoms with Gasteiger partial charge in [-0.3, -0.25) is 4.79 Å². The van der Waals surface area contributed by atoms with Crippen molar-refractivity contribution in [3.05, 3.63) is 130 Å². The Balaban J connectivity index is 1.40. The van der Waals surface area contributed by atoms with Crippen molar-refractivity contribution in [2.75, 3.05) is 24.7 Å². The zero-order chi connectivity index (χ0) is 32.5. The van der Waals surface area contributed by atoms with Crippen LogP contribution in [-0.4, -0.2) is 56.4 Å². The molecule has 6 rings (SSSR count). The highest BCUT2D eigenvalue weighted by Gasteiger charge is 2.47. The van der Waals surface area contributed by atoms with Gasteiger partial charge in [0.2, 0.25) is 5.91 Å². The van der Waals surface area contributed by atoms with E-state index in [-0.39, 0.29) is 5.91 Å². The molecule has 2 amide bonds. The van der Waals surface area contributed by atoms with Crippen LogP contribution in [0.25, 0.3) is 10.9 Å². The standard InChI is InChI=1S/C37H37IN4O3S/c1-35(2,3)45-34(44)41-23-22-36(25-41,46-4)33(43)39-29-20-21-31-30(24-29)32(38)40-42(31)37(26-14-8-5-9-15-26,27-16-10-6-11-17-27)28-18-12-7-13-19-28/h5-21,24H,22-23,25H2,1-4H3,(H,39,43). The van der Waals surface area contributed by atoms with Crippen molar-refractivity contribution in [1.82, 2.24) is 14.7 Å². The number of carbonyl (C=O) groups is 2. The molecule has 4 aromatic carbocycles. The van der Waals surface area contributed by atoms with E-state index in [0.29, 0.717) is 25.2 Å². The SMILES string of the molecule is CSC1(C(=O)Nc2ccc3c(c2)c(I)nn3C(c2ccccc2)(c2ccccc2)c2ccccc2)CCN(C(=O)OC(C)(C)C)C1. The summed E-state index contributed by atoms with van der Waals surface area (Å²) in [5.41, 5.74) is 3.53. The summed E-state index contributed by atoms with van der Waals surface area (Å²) in [7, 11) is 0. The molecule has 2 heterocycles. The molecule has 0 spiro atoms. The minimum atomic E-state index is -0.772. The fourth-order valence-electron chi connectivity index (χ4n) is 6.27. The third-order valence-corrected chi connectivity index (χ3v) is 10.6. The molecule has 1 aromatic heterocycles. The third kappa shape index (κ3) is 5.90. The normalized spacial score (nSPS) is 16.8. The van der Waals surface area contributed by atoms with Crippen LogP contribution in [-0.2, 0) is 15.1 Å². The van der Waals surface area contributed by atoms with E-state index in [4.69, 9.17) is 9.84 Å². The molecular weight excluding hydrogens is 707 g/mol. The summed E-state index contributed by atoms with van der Waals surface area (Å²) in [6.07, 6.45) is 2.08. The van der Waals surface area contributed by atoms with Crippen LogP contribution in [0.2, 0.25) is 0 Å². The number of nitrogens with zero attached hydrogens (tertiary/aromatic N) is 3. The fraction of sp³-hybridized carbons (Fsp3) is 0.270. The molecule has 0 radical (unpaired) electrons. The molecule has 1 saturated heterocycles. The molecule has 5 aromatic rings. The van der Waals surface area contributed by atoms with Crippen LogP contribution in [0.15, 0.2) is 109 Å². The van der Waals surface area contributed by atoms with Gasteiger partial charge in [-0.1, -0.05) is 91.0 Å². The molecule has 236 valence electrons. The van der Waals surface area contributed by atoms with Crippen LogP contribution in [0.5, 0.6) is 0 Å². The second kappa shape index (κ2) is 12.8. The lowest BCUT2D eigenvalue weighted by molar-refractivity contribution is -0.118. The van der Waals surface area contributed by atoms with E-state index >= 15 is 0 Å². The van der Waals surface area contributed by atoms with E-state index in [1.54, 1.807) is 4.90 Å². The van der Waals surface area contributed by atoms with Crippen LogP contribution in [0.4, 0.5) is 10.5 Å². The molecule has 0 aliphatic carbocycles. The Morgan fingerprint density at radius 3 is 1.91 bits per heavy atom. The number of likely N-dealkylation sites (tertiary alicyclic amines) is 1. The average Bonchev–Trinajstić information content (AvgIpc) is 3.65. The Hall–Kier alpha value is -3.83. The quantitative estimate of drug-likeness (QED) is 0.135. The Morgan fingerprint density at radius 1 is 0.870 bits per heavy atom. The van der Waals surface area contributed by atoms with Crippen molar-refractivity contribution < 1.29 is 14.3 Å². The number of rotatable bonds is 7. The van der Waals surface area contributed by atoms with Crippen molar-refractivity contribution >= 4 is 62.9 Å². The summed E-state index contributed by atoms with van der Waals surface area (Å²) in [4.78, 5) is 28.2. The number of hydrogen-bond donors (Lipinski definition) is 1. The summed E-state index contributed by atoms with van der Waals surface area (Å²) >= 11 is 3.76. The van der Waals surface area contributed by atoms with Gasteiger partial charge in [-0.05, 0) is 90.9 Å². The number of anilines is 1. The van der Waals surface area contributed by atoms with Gasteiger partial charge in [-0.25, -0.2) is 9.48 Å². The highest BCUT2D eigenvalue weighted by atomic mass is 127. The van der Waals surface area contributed by atoms with Gasteiger partial charge in [0.15, 0.2) is 0 Å². The summed E-state index contributed by atoms with van der Waals surface area (Å²) < 4.78 is 7.75.